The molecule has 0 aromatic heterocycles. The van der Waals surface area contributed by atoms with Crippen LogP contribution in [0.2, 0.25) is 0 Å². The number of carbonyl (C=O) groups is 3. The smallest absolute Gasteiger partial charge is 0.303 e. The molecule has 0 aromatic carbocycles. The van der Waals surface area contributed by atoms with Crippen molar-refractivity contribution < 1.29 is 19.5 Å². The van der Waals surface area contributed by atoms with Gasteiger partial charge in [-0.2, -0.15) is 0 Å². The summed E-state index contributed by atoms with van der Waals surface area (Å²) in [6.07, 6.45) is 12.5. The number of hydrogen-bond donors (Lipinski definition) is 2. The average Bonchev–Trinajstić information content (AvgIpc) is 2.59. The Kier molecular flexibility index (Phi) is 15.2. The van der Waals surface area contributed by atoms with Crippen LogP contribution in [-0.4, -0.2) is 28.8 Å². The second-order valence-electron chi connectivity index (χ2n) is 6.89. The van der Waals surface area contributed by atoms with Gasteiger partial charge in [0.25, 0.3) is 5.91 Å². The number of rotatable bonds is 17. The number of aliphatic carboxylic acids is 1. The molecule has 5 heteroatoms. The van der Waals surface area contributed by atoms with Crippen LogP contribution in [0.3, 0.4) is 0 Å². The standard InChI is InChI=1S/C20H37NO4/c1-3-5-7-8-9-10-11-12-14-18(22)20(25)21-17(13-6-4-2)15-16-19(23)24/h17H,3-16H2,1-2H3,(H,21,25)(H,23,24)/t17-/m1/s1. The van der Waals surface area contributed by atoms with Crippen molar-refractivity contribution in [3.05, 3.63) is 0 Å². The number of ketones is 1. The third-order valence-corrected chi connectivity index (χ3v) is 4.46. The quantitative estimate of drug-likeness (QED) is 0.294. The van der Waals surface area contributed by atoms with Crippen molar-refractivity contribution in [2.24, 2.45) is 0 Å². The summed E-state index contributed by atoms with van der Waals surface area (Å²) in [6, 6.07) is -0.217. The first kappa shape index (κ1) is 23.6. The van der Waals surface area contributed by atoms with Crippen molar-refractivity contribution in [1.29, 1.82) is 0 Å². The molecule has 1 amide bonds. The number of carboxylic acids is 1. The minimum atomic E-state index is -0.874. The second kappa shape index (κ2) is 16.1. The maximum Gasteiger partial charge on any atom is 0.303 e. The van der Waals surface area contributed by atoms with Gasteiger partial charge < -0.3 is 10.4 Å². The van der Waals surface area contributed by atoms with Gasteiger partial charge >= 0.3 is 5.97 Å². The van der Waals surface area contributed by atoms with Gasteiger partial charge in [0.05, 0.1) is 0 Å². The molecular formula is C20H37NO4. The van der Waals surface area contributed by atoms with Gasteiger partial charge in [-0.15, -0.1) is 0 Å². The number of carboxylic acid groups (broad SMARTS) is 1. The van der Waals surface area contributed by atoms with E-state index in [1.165, 1.54) is 32.1 Å². The van der Waals surface area contributed by atoms with Crippen molar-refractivity contribution in [3.63, 3.8) is 0 Å². The number of carbonyl (C=O) groups excluding carboxylic acids is 2. The van der Waals surface area contributed by atoms with Gasteiger partial charge in [-0.3, -0.25) is 14.4 Å². The molecule has 0 unspecified atom stereocenters. The summed E-state index contributed by atoms with van der Waals surface area (Å²) in [6.45, 7) is 4.24. The Hall–Kier alpha value is -1.39. The molecule has 0 saturated carbocycles. The number of Topliss-reactive ketones (excluding diaryl/α,β-unsaturated/α-hetero) is 1. The van der Waals surface area contributed by atoms with Crippen LogP contribution >= 0.6 is 0 Å². The first-order chi connectivity index (χ1) is 12.0. The van der Waals surface area contributed by atoms with Gasteiger partial charge in [0.15, 0.2) is 0 Å². The first-order valence-electron chi connectivity index (χ1n) is 10.1. The fourth-order valence-electron chi connectivity index (χ4n) is 2.84. The maximum atomic E-state index is 12.0. The lowest BCUT2D eigenvalue weighted by molar-refractivity contribution is -0.139. The zero-order valence-corrected chi connectivity index (χ0v) is 16.1. The summed E-state index contributed by atoms with van der Waals surface area (Å²) in [5.41, 5.74) is 0. The van der Waals surface area contributed by atoms with E-state index in [-0.39, 0.29) is 18.2 Å². The van der Waals surface area contributed by atoms with Crippen LogP contribution < -0.4 is 5.32 Å². The Morgan fingerprint density at radius 3 is 1.88 bits per heavy atom. The van der Waals surface area contributed by atoms with E-state index in [4.69, 9.17) is 5.11 Å². The Morgan fingerprint density at radius 2 is 1.32 bits per heavy atom. The molecule has 0 spiro atoms. The van der Waals surface area contributed by atoms with E-state index in [1.807, 2.05) is 6.92 Å². The molecule has 1 atom stereocenters. The van der Waals surface area contributed by atoms with Gasteiger partial charge in [-0.05, 0) is 19.3 Å². The second-order valence-corrected chi connectivity index (χ2v) is 6.89. The highest BCUT2D eigenvalue weighted by Gasteiger charge is 2.18. The molecule has 5 nitrogen and oxygen atoms in total. The summed E-state index contributed by atoms with van der Waals surface area (Å²) >= 11 is 0. The summed E-state index contributed by atoms with van der Waals surface area (Å²) < 4.78 is 0. The lowest BCUT2D eigenvalue weighted by Crippen LogP contribution is -2.39. The van der Waals surface area contributed by atoms with Gasteiger partial charge in [0.2, 0.25) is 5.78 Å². The van der Waals surface area contributed by atoms with Crippen molar-refractivity contribution in [2.75, 3.05) is 0 Å². The molecule has 0 fully saturated rings. The van der Waals surface area contributed by atoms with Crippen LogP contribution in [0, 0.1) is 0 Å². The summed E-state index contributed by atoms with van der Waals surface area (Å²) in [5.74, 6) is -1.79. The number of nitrogens with one attached hydrogen (secondary N) is 1. The number of amides is 1. The first-order valence-corrected chi connectivity index (χ1v) is 10.1. The molecule has 25 heavy (non-hydrogen) atoms. The van der Waals surface area contributed by atoms with Crippen molar-refractivity contribution in [1.82, 2.24) is 5.32 Å². The number of hydrogen-bond acceptors (Lipinski definition) is 3. The van der Waals surface area contributed by atoms with Crippen LogP contribution in [0.1, 0.15) is 104 Å². The molecule has 0 radical (unpaired) electrons. The summed E-state index contributed by atoms with van der Waals surface area (Å²) in [5, 5.41) is 11.5. The topological polar surface area (TPSA) is 83.5 Å². The Labute approximate surface area is 153 Å². The molecule has 0 rings (SSSR count). The lowest BCUT2D eigenvalue weighted by Gasteiger charge is -2.17. The Bertz CT molecular complexity index is 382. The maximum absolute atomic E-state index is 12.0. The Morgan fingerprint density at radius 1 is 0.760 bits per heavy atom. The third kappa shape index (κ3) is 14.6. The SMILES string of the molecule is CCCCCCCCCCC(=O)C(=O)N[C@H](CCCC)CCC(=O)O. The van der Waals surface area contributed by atoms with Gasteiger partial charge in [-0.1, -0.05) is 71.6 Å². The van der Waals surface area contributed by atoms with Gasteiger partial charge in [0, 0.05) is 18.9 Å². The van der Waals surface area contributed by atoms with Crippen LogP contribution in [-0.2, 0) is 14.4 Å². The van der Waals surface area contributed by atoms with E-state index in [1.54, 1.807) is 0 Å². The largest absolute Gasteiger partial charge is 0.481 e. The molecule has 0 bridgehead atoms. The Balaban J connectivity index is 3.95. The molecule has 0 aliphatic carbocycles. The van der Waals surface area contributed by atoms with E-state index in [0.29, 0.717) is 12.8 Å². The fourth-order valence-corrected chi connectivity index (χ4v) is 2.84. The van der Waals surface area contributed by atoms with E-state index >= 15 is 0 Å². The molecule has 146 valence electrons. The number of unbranched alkanes of at least 4 members (excludes halogenated alkanes) is 8. The monoisotopic (exact) mass is 355 g/mol. The minimum absolute atomic E-state index is 0.0148. The van der Waals surface area contributed by atoms with Gasteiger partial charge in [-0.25, -0.2) is 0 Å². The molecular weight excluding hydrogens is 318 g/mol. The van der Waals surface area contributed by atoms with Crippen molar-refractivity contribution in [2.45, 2.75) is 110 Å². The van der Waals surface area contributed by atoms with E-state index in [2.05, 4.69) is 12.2 Å². The van der Waals surface area contributed by atoms with E-state index in [9.17, 15) is 14.4 Å². The highest BCUT2D eigenvalue weighted by Crippen LogP contribution is 2.11. The van der Waals surface area contributed by atoms with Crippen LogP contribution in [0.5, 0.6) is 0 Å². The molecule has 0 heterocycles. The zero-order chi connectivity index (χ0) is 18.9. The predicted octanol–water partition coefficient (Wildman–Crippen LogP) is 4.63. The third-order valence-electron chi connectivity index (χ3n) is 4.46. The molecule has 2 N–H and O–H groups in total. The predicted molar refractivity (Wildman–Crippen MR) is 101 cm³/mol. The van der Waals surface area contributed by atoms with Crippen LogP contribution in [0.25, 0.3) is 0 Å². The zero-order valence-electron chi connectivity index (χ0n) is 16.1. The van der Waals surface area contributed by atoms with Gasteiger partial charge in [0.1, 0.15) is 0 Å². The van der Waals surface area contributed by atoms with E-state index in [0.717, 1.165) is 38.5 Å². The van der Waals surface area contributed by atoms with Crippen molar-refractivity contribution >= 4 is 17.7 Å². The molecule has 0 aliphatic rings. The lowest BCUT2D eigenvalue weighted by atomic mass is 10.0. The normalized spacial score (nSPS) is 11.9. The molecule has 0 aromatic rings. The van der Waals surface area contributed by atoms with Crippen LogP contribution in [0.4, 0.5) is 0 Å². The van der Waals surface area contributed by atoms with Crippen LogP contribution in [0.15, 0.2) is 0 Å². The van der Waals surface area contributed by atoms with E-state index < -0.39 is 11.9 Å². The van der Waals surface area contributed by atoms with Crippen molar-refractivity contribution in [3.8, 4) is 0 Å². The minimum Gasteiger partial charge on any atom is -0.481 e. The molecule has 0 aliphatic heterocycles. The molecule has 0 saturated heterocycles. The summed E-state index contributed by atoms with van der Waals surface area (Å²) in [7, 11) is 0. The highest BCUT2D eigenvalue weighted by molar-refractivity contribution is 6.36. The summed E-state index contributed by atoms with van der Waals surface area (Å²) in [4.78, 5) is 34.6. The average molecular weight is 356 g/mol. The highest BCUT2D eigenvalue weighted by atomic mass is 16.4. The fraction of sp³-hybridized carbons (Fsp3) is 0.850.